The number of rotatable bonds is 9. The number of hydrogen-bond acceptors (Lipinski definition) is 4. The molecule has 1 aromatic rings. The molecule has 0 radical (unpaired) electrons. The molecule has 0 aliphatic rings. The van der Waals surface area contributed by atoms with Crippen molar-refractivity contribution in [3.63, 3.8) is 0 Å². The highest BCUT2D eigenvalue weighted by molar-refractivity contribution is 9.10. The van der Waals surface area contributed by atoms with Crippen LogP contribution >= 0.6 is 27.7 Å². The van der Waals surface area contributed by atoms with Crippen molar-refractivity contribution in [3.8, 4) is 0 Å². The van der Waals surface area contributed by atoms with E-state index in [1.54, 1.807) is 17.8 Å². The van der Waals surface area contributed by atoms with Gasteiger partial charge >= 0.3 is 0 Å². The second-order valence-corrected chi connectivity index (χ2v) is 8.26. The van der Waals surface area contributed by atoms with Crippen LogP contribution in [-0.2, 0) is 16.6 Å². The van der Waals surface area contributed by atoms with Crippen LogP contribution in [0.5, 0.6) is 0 Å². The molecule has 7 heteroatoms. The van der Waals surface area contributed by atoms with Gasteiger partial charge in [0.05, 0.1) is 4.90 Å². The van der Waals surface area contributed by atoms with Crippen LogP contribution in [0.25, 0.3) is 0 Å². The number of benzene rings is 1. The fourth-order valence-electron chi connectivity index (χ4n) is 1.88. The number of halogens is 1. The van der Waals surface area contributed by atoms with Crippen LogP contribution in [0.3, 0.4) is 0 Å². The summed E-state index contributed by atoms with van der Waals surface area (Å²) in [6.07, 6.45) is 2.84. The average molecular weight is 395 g/mol. The van der Waals surface area contributed by atoms with Crippen LogP contribution in [0.15, 0.2) is 21.5 Å². The van der Waals surface area contributed by atoms with Crippen LogP contribution in [0.1, 0.15) is 24.5 Å². The summed E-state index contributed by atoms with van der Waals surface area (Å²) in [6, 6.07) is 3.73. The SMILES string of the molecule is CCNCc1cc(C)c(Br)c(S(=O)(=O)NCCCSC)c1. The van der Waals surface area contributed by atoms with E-state index in [2.05, 4.69) is 26.0 Å². The summed E-state index contributed by atoms with van der Waals surface area (Å²) < 4.78 is 28.2. The fourth-order valence-corrected chi connectivity index (χ4v) is 4.45. The van der Waals surface area contributed by atoms with Crippen LogP contribution in [-0.4, -0.2) is 33.5 Å². The van der Waals surface area contributed by atoms with Gasteiger partial charge in [-0.1, -0.05) is 13.0 Å². The maximum absolute atomic E-state index is 12.4. The van der Waals surface area contributed by atoms with E-state index in [1.165, 1.54) is 0 Å². The highest BCUT2D eigenvalue weighted by Gasteiger charge is 2.19. The van der Waals surface area contributed by atoms with Crippen molar-refractivity contribution in [2.24, 2.45) is 0 Å². The lowest BCUT2D eigenvalue weighted by atomic mass is 10.1. The Bertz CT molecular complexity index is 562. The van der Waals surface area contributed by atoms with Gasteiger partial charge in [-0.25, -0.2) is 13.1 Å². The monoisotopic (exact) mass is 394 g/mol. The molecule has 0 unspecified atom stereocenters. The summed E-state index contributed by atoms with van der Waals surface area (Å²) in [5.41, 5.74) is 1.90. The number of sulfonamides is 1. The third-order valence-electron chi connectivity index (χ3n) is 2.97. The maximum atomic E-state index is 12.4. The maximum Gasteiger partial charge on any atom is 0.241 e. The van der Waals surface area contributed by atoms with Crippen LogP contribution in [0.2, 0.25) is 0 Å². The van der Waals surface area contributed by atoms with Gasteiger partial charge in [0.15, 0.2) is 0 Å². The zero-order valence-corrected chi connectivity index (χ0v) is 15.9. The minimum Gasteiger partial charge on any atom is -0.313 e. The standard InChI is InChI=1S/C14H23BrN2O2S2/c1-4-16-10-12-8-11(2)14(15)13(9-12)21(18,19)17-6-5-7-20-3/h8-9,16-17H,4-7,10H2,1-3H3. The van der Waals surface area contributed by atoms with E-state index in [1.807, 2.05) is 26.2 Å². The summed E-state index contributed by atoms with van der Waals surface area (Å²) in [4.78, 5) is 0.319. The third kappa shape index (κ3) is 5.90. The first-order valence-electron chi connectivity index (χ1n) is 6.90. The van der Waals surface area contributed by atoms with E-state index in [0.717, 1.165) is 29.8 Å². The van der Waals surface area contributed by atoms with E-state index in [9.17, 15) is 8.42 Å². The molecule has 120 valence electrons. The van der Waals surface area contributed by atoms with Crippen molar-refractivity contribution in [1.29, 1.82) is 0 Å². The Labute approximate surface area is 140 Å². The van der Waals surface area contributed by atoms with E-state index < -0.39 is 10.0 Å². The highest BCUT2D eigenvalue weighted by Crippen LogP contribution is 2.27. The molecule has 0 amide bonds. The molecule has 0 fully saturated rings. The first-order chi connectivity index (χ1) is 9.92. The molecular formula is C14H23BrN2O2S2. The zero-order chi connectivity index (χ0) is 15.9. The van der Waals surface area contributed by atoms with Crippen molar-refractivity contribution in [2.45, 2.75) is 31.7 Å². The van der Waals surface area contributed by atoms with E-state index in [4.69, 9.17) is 0 Å². The molecule has 0 saturated carbocycles. The summed E-state index contributed by atoms with van der Waals surface area (Å²) in [6.45, 7) is 5.92. The molecule has 1 aromatic carbocycles. The molecule has 0 aliphatic heterocycles. The van der Waals surface area contributed by atoms with Gasteiger partial charge in [0.25, 0.3) is 0 Å². The Morgan fingerprint density at radius 1 is 1.33 bits per heavy atom. The van der Waals surface area contributed by atoms with Crippen molar-refractivity contribution in [2.75, 3.05) is 25.1 Å². The van der Waals surface area contributed by atoms with Gasteiger partial charge < -0.3 is 5.32 Å². The van der Waals surface area contributed by atoms with E-state index in [-0.39, 0.29) is 0 Å². The second-order valence-electron chi connectivity index (χ2n) is 4.75. The van der Waals surface area contributed by atoms with Gasteiger partial charge in [-0.05, 0) is 65.0 Å². The van der Waals surface area contributed by atoms with Gasteiger partial charge in [0.2, 0.25) is 10.0 Å². The van der Waals surface area contributed by atoms with Gasteiger partial charge in [0.1, 0.15) is 0 Å². The van der Waals surface area contributed by atoms with Crippen molar-refractivity contribution in [3.05, 3.63) is 27.7 Å². The van der Waals surface area contributed by atoms with Gasteiger partial charge in [-0.3, -0.25) is 0 Å². The molecule has 0 heterocycles. The van der Waals surface area contributed by atoms with Crippen LogP contribution in [0.4, 0.5) is 0 Å². The van der Waals surface area contributed by atoms with Gasteiger partial charge in [-0.2, -0.15) is 11.8 Å². The summed E-state index contributed by atoms with van der Waals surface area (Å²) >= 11 is 5.11. The minimum atomic E-state index is -3.48. The first-order valence-corrected chi connectivity index (χ1v) is 10.6. The Balaban J connectivity index is 2.95. The van der Waals surface area contributed by atoms with Crippen molar-refractivity contribution >= 4 is 37.7 Å². The first kappa shape index (κ1) is 19.0. The van der Waals surface area contributed by atoms with Crippen molar-refractivity contribution in [1.82, 2.24) is 10.0 Å². The lowest BCUT2D eigenvalue weighted by Gasteiger charge is -2.13. The van der Waals surface area contributed by atoms with Crippen molar-refractivity contribution < 1.29 is 8.42 Å². The zero-order valence-electron chi connectivity index (χ0n) is 12.7. The van der Waals surface area contributed by atoms with E-state index in [0.29, 0.717) is 22.5 Å². The van der Waals surface area contributed by atoms with Gasteiger partial charge in [-0.15, -0.1) is 0 Å². The molecule has 0 bridgehead atoms. The Hall–Kier alpha value is -0.0800. The van der Waals surface area contributed by atoms with Gasteiger partial charge in [0, 0.05) is 17.6 Å². The molecule has 21 heavy (non-hydrogen) atoms. The number of nitrogens with one attached hydrogen (secondary N) is 2. The molecule has 0 spiro atoms. The molecule has 0 aromatic heterocycles. The fraction of sp³-hybridized carbons (Fsp3) is 0.571. The summed E-state index contributed by atoms with van der Waals surface area (Å²) in [5, 5.41) is 3.22. The minimum absolute atomic E-state index is 0.319. The average Bonchev–Trinajstić information content (AvgIpc) is 2.44. The second kappa shape index (κ2) is 9.15. The van der Waals surface area contributed by atoms with E-state index >= 15 is 0 Å². The smallest absolute Gasteiger partial charge is 0.241 e. The molecule has 0 aliphatic carbocycles. The topological polar surface area (TPSA) is 58.2 Å². The van der Waals surface area contributed by atoms with Crippen LogP contribution < -0.4 is 10.0 Å². The molecule has 4 nitrogen and oxygen atoms in total. The third-order valence-corrected chi connectivity index (χ3v) is 6.46. The Morgan fingerprint density at radius 2 is 2.05 bits per heavy atom. The largest absolute Gasteiger partial charge is 0.313 e. The lowest BCUT2D eigenvalue weighted by molar-refractivity contribution is 0.580. The Morgan fingerprint density at radius 3 is 2.67 bits per heavy atom. The Kier molecular flexibility index (Phi) is 8.26. The predicted octanol–water partition coefficient (Wildman–Crippen LogP) is 2.90. The number of aryl methyl sites for hydroxylation is 1. The highest BCUT2D eigenvalue weighted by atomic mass is 79.9. The normalized spacial score (nSPS) is 11.8. The van der Waals surface area contributed by atoms with Crippen LogP contribution in [0, 0.1) is 6.92 Å². The number of thioether (sulfide) groups is 1. The number of hydrogen-bond donors (Lipinski definition) is 2. The molecule has 0 saturated heterocycles. The molecule has 2 N–H and O–H groups in total. The summed E-state index contributed by atoms with van der Waals surface area (Å²) in [7, 11) is -3.48. The quantitative estimate of drug-likeness (QED) is 0.632. The predicted molar refractivity (Wildman–Crippen MR) is 94.4 cm³/mol. The lowest BCUT2D eigenvalue weighted by Crippen LogP contribution is -2.26. The molecule has 1 rings (SSSR count). The molecule has 0 atom stereocenters. The summed E-state index contributed by atoms with van der Waals surface area (Å²) in [5.74, 6) is 0.948. The molecular weight excluding hydrogens is 372 g/mol.